The number of fused-ring (bicyclic) bond motifs is 1. The Morgan fingerprint density at radius 1 is 1.41 bits per heavy atom. The van der Waals surface area contributed by atoms with Crippen LogP contribution in [0.4, 0.5) is 5.69 Å². The Hall–Kier alpha value is -1.51. The van der Waals surface area contributed by atoms with E-state index in [1.165, 1.54) is 5.56 Å². The van der Waals surface area contributed by atoms with Crippen LogP contribution in [-0.4, -0.2) is 19.6 Å². The van der Waals surface area contributed by atoms with Crippen LogP contribution in [0, 0.1) is 5.92 Å². The average Bonchev–Trinajstić information content (AvgIpc) is 3.14. The lowest BCUT2D eigenvalue weighted by atomic mass is 10.0. The molecule has 0 radical (unpaired) electrons. The molecule has 1 heterocycles. The van der Waals surface area contributed by atoms with Gasteiger partial charge < -0.3 is 9.64 Å². The van der Waals surface area contributed by atoms with E-state index >= 15 is 0 Å². The number of carbonyl (C=O) groups excluding carboxylic acids is 1. The summed E-state index contributed by atoms with van der Waals surface area (Å²) in [5, 5.41) is 0. The fraction of sp³-hybridized carbons (Fsp3) is 0.500. The first kappa shape index (κ1) is 10.6. The molecule has 0 bridgehead atoms. The molecule has 0 aromatic heterocycles. The summed E-state index contributed by atoms with van der Waals surface area (Å²) in [5.74, 6) is 1.87. The molecule has 0 spiro atoms. The highest BCUT2D eigenvalue weighted by atomic mass is 16.5. The first-order valence-electron chi connectivity index (χ1n) is 6.20. The summed E-state index contributed by atoms with van der Waals surface area (Å²) < 4.78 is 5.24. The Balaban J connectivity index is 1.95. The molecule has 17 heavy (non-hydrogen) atoms. The van der Waals surface area contributed by atoms with Crippen LogP contribution in [0.5, 0.6) is 5.75 Å². The molecule has 0 N–H and O–H groups in total. The number of ether oxygens (including phenoxy) is 1. The number of hydrogen-bond donors (Lipinski definition) is 0. The van der Waals surface area contributed by atoms with Crippen molar-refractivity contribution in [3.8, 4) is 5.75 Å². The molecule has 3 heteroatoms. The predicted molar refractivity (Wildman–Crippen MR) is 66.5 cm³/mol. The van der Waals surface area contributed by atoms with Crippen molar-refractivity contribution in [1.29, 1.82) is 0 Å². The maximum atomic E-state index is 12.2. The Kier molecular flexibility index (Phi) is 2.35. The molecule has 1 aromatic rings. The van der Waals surface area contributed by atoms with Crippen LogP contribution in [0.25, 0.3) is 0 Å². The highest BCUT2D eigenvalue weighted by Crippen LogP contribution is 2.41. The number of methoxy groups -OCH3 is 1. The molecular formula is C14H17NO2. The number of rotatable bonds is 2. The molecule has 1 amide bonds. The fourth-order valence-corrected chi connectivity index (χ4v) is 2.53. The van der Waals surface area contributed by atoms with E-state index in [4.69, 9.17) is 4.74 Å². The number of nitrogens with zero attached hydrogens (tertiary/aromatic N) is 1. The first-order valence-corrected chi connectivity index (χ1v) is 6.20. The van der Waals surface area contributed by atoms with Gasteiger partial charge in [-0.15, -0.1) is 0 Å². The maximum absolute atomic E-state index is 12.2. The standard InChI is InChI=1S/C14H17NO2/c1-9-8-15(14(16)10-3-4-10)13-6-5-11(17-2)7-12(9)13/h5-7,9-10H,3-4,8H2,1-2H3. The van der Waals surface area contributed by atoms with E-state index in [2.05, 4.69) is 13.0 Å². The van der Waals surface area contributed by atoms with Gasteiger partial charge in [0.15, 0.2) is 0 Å². The van der Waals surface area contributed by atoms with Gasteiger partial charge in [0.1, 0.15) is 5.75 Å². The quantitative estimate of drug-likeness (QED) is 0.783. The van der Waals surface area contributed by atoms with Crippen molar-refractivity contribution in [3.63, 3.8) is 0 Å². The van der Waals surface area contributed by atoms with Gasteiger partial charge in [-0.25, -0.2) is 0 Å². The topological polar surface area (TPSA) is 29.5 Å². The highest BCUT2D eigenvalue weighted by Gasteiger charge is 2.38. The smallest absolute Gasteiger partial charge is 0.230 e. The van der Waals surface area contributed by atoms with Crippen LogP contribution in [-0.2, 0) is 4.79 Å². The van der Waals surface area contributed by atoms with Crippen LogP contribution < -0.4 is 9.64 Å². The van der Waals surface area contributed by atoms with Crippen molar-refractivity contribution in [1.82, 2.24) is 0 Å². The predicted octanol–water partition coefficient (Wildman–Crippen LogP) is 2.56. The van der Waals surface area contributed by atoms with E-state index in [9.17, 15) is 4.79 Å². The molecular weight excluding hydrogens is 214 g/mol. The summed E-state index contributed by atoms with van der Waals surface area (Å²) >= 11 is 0. The van der Waals surface area contributed by atoms with Crippen LogP contribution in [0.3, 0.4) is 0 Å². The zero-order chi connectivity index (χ0) is 12.0. The molecule has 3 nitrogen and oxygen atoms in total. The number of amides is 1. The third-order valence-electron chi connectivity index (χ3n) is 3.71. The summed E-state index contributed by atoms with van der Waals surface area (Å²) in [5.41, 5.74) is 2.31. The Morgan fingerprint density at radius 2 is 2.18 bits per heavy atom. The summed E-state index contributed by atoms with van der Waals surface area (Å²) in [6.07, 6.45) is 2.13. The monoisotopic (exact) mass is 231 g/mol. The number of carbonyl (C=O) groups is 1. The number of benzene rings is 1. The van der Waals surface area contributed by atoms with E-state index in [0.29, 0.717) is 11.8 Å². The average molecular weight is 231 g/mol. The minimum atomic E-state index is 0.287. The van der Waals surface area contributed by atoms with Gasteiger partial charge in [0, 0.05) is 24.1 Å². The molecule has 3 rings (SSSR count). The Labute approximate surface area is 101 Å². The normalized spacial score (nSPS) is 22.5. The van der Waals surface area contributed by atoms with Gasteiger partial charge in [-0.1, -0.05) is 6.92 Å². The van der Waals surface area contributed by atoms with Gasteiger partial charge in [-0.2, -0.15) is 0 Å². The molecule has 0 saturated heterocycles. The maximum Gasteiger partial charge on any atom is 0.230 e. The van der Waals surface area contributed by atoms with Gasteiger partial charge in [0.2, 0.25) is 5.91 Å². The van der Waals surface area contributed by atoms with E-state index < -0.39 is 0 Å². The van der Waals surface area contributed by atoms with Crippen LogP contribution in [0.15, 0.2) is 18.2 Å². The van der Waals surface area contributed by atoms with Gasteiger partial charge >= 0.3 is 0 Å². The van der Waals surface area contributed by atoms with Crippen molar-refractivity contribution in [2.75, 3.05) is 18.6 Å². The lowest BCUT2D eigenvalue weighted by Crippen LogP contribution is -2.30. The Bertz CT molecular complexity index is 465. The molecule has 1 saturated carbocycles. The third-order valence-corrected chi connectivity index (χ3v) is 3.71. The lowest BCUT2D eigenvalue weighted by Gasteiger charge is -2.17. The summed E-state index contributed by atoms with van der Waals surface area (Å²) in [4.78, 5) is 14.1. The van der Waals surface area contributed by atoms with E-state index in [0.717, 1.165) is 30.8 Å². The second-order valence-corrected chi connectivity index (χ2v) is 5.05. The second kappa shape index (κ2) is 3.76. The minimum absolute atomic E-state index is 0.287. The second-order valence-electron chi connectivity index (χ2n) is 5.05. The zero-order valence-electron chi connectivity index (χ0n) is 10.3. The van der Waals surface area contributed by atoms with Crippen LogP contribution >= 0.6 is 0 Å². The van der Waals surface area contributed by atoms with E-state index in [-0.39, 0.29) is 5.92 Å². The van der Waals surface area contributed by atoms with E-state index in [1.807, 2.05) is 17.0 Å². The first-order chi connectivity index (χ1) is 8.20. The molecule has 2 aliphatic rings. The lowest BCUT2D eigenvalue weighted by molar-refractivity contribution is -0.119. The van der Waals surface area contributed by atoms with Crippen molar-refractivity contribution in [3.05, 3.63) is 23.8 Å². The van der Waals surface area contributed by atoms with Crippen molar-refractivity contribution in [2.45, 2.75) is 25.7 Å². The van der Waals surface area contributed by atoms with Crippen molar-refractivity contribution in [2.24, 2.45) is 5.92 Å². The molecule has 1 fully saturated rings. The van der Waals surface area contributed by atoms with Crippen molar-refractivity contribution >= 4 is 11.6 Å². The molecule has 1 aliphatic carbocycles. The highest BCUT2D eigenvalue weighted by molar-refractivity contribution is 5.98. The van der Waals surface area contributed by atoms with Crippen LogP contribution in [0.1, 0.15) is 31.2 Å². The zero-order valence-corrected chi connectivity index (χ0v) is 10.3. The Morgan fingerprint density at radius 3 is 2.82 bits per heavy atom. The van der Waals surface area contributed by atoms with E-state index in [1.54, 1.807) is 7.11 Å². The van der Waals surface area contributed by atoms with Gasteiger partial charge in [-0.05, 0) is 36.6 Å². The molecule has 1 aliphatic heterocycles. The van der Waals surface area contributed by atoms with Gasteiger partial charge in [0.05, 0.1) is 7.11 Å². The number of hydrogen-bond acceptors (Lipinski definition) is 2. The molecule has 1 unspecified atom stereocenters. The third kappa shape index (κ3) is 1.70. The van der Waals surface area contributed by atoms with Crippen molar-refractivity contribution < 1.29 is 9.53 Å². The SMILES string of the molecule is COc1ccc2c(c1)C(C)CN2C(=O)C1CC1. The largest absolute Gasteiger partial charge is 0.497 e. The van der Waals surface area contributed by atoms with Crippen LogP contribution in [0.2, 0.25) is 0 Å². The minimum Gasteiger partial charge on any atom is -0.497 e. The molecule has 90 valence electrons. The van der Waals surface area contributed by atoms with Gasteiger partial charge in [0.25, 0.3) is 0 Å². The fourth-order valence-electron chi connectivity index (χ4n) is 2.53. The summed E-state index contributed by atoms with van der Waals surface area (Å²) in [6.45, 7) is 2.98. The molecule has 1 aromatic carbocycles. The summed E-state index contributed by atoms with van der Waals surface area (Å²) in [7, 11) is 1.68. The summed E-state index contributed by atoms with van der Waals surface area (Å²) in [6, 6.07) is 6.00. The molecule has 1 atom stereocenters. The number of anilines is 1. The van der Waals surface area contributed by atoms with Gasteiger partial charge in [-0.3, -0.25) is 4.79 Å².